The van der Waals surface area contributed by atoms with Crippen LogP contribution in [0.5, 0.6) is 0 Å². The van der Waals surface area contributed by atoms with Gasteiger partial charge in [0, 0.05) is 37.2 Å². The zero-order chi connectivity index (χ0) is 13.5. The minimum absolute atomic E-state index is 0.473. The molecule has 1 aromatic carbocycles. The Bertz CT molecular complexity index is 349. The maximum absolute atomic E-state index is 3.66. The van der Waals surface area contributed by atoms with Gasteiger partial charge in [0.2, 0.25) is 0 Å². The fraction of sp³-hybridized carbons (Fsp3) is 0.625. The molecule has 1 aliphatic rings. The van der Waals surface area contributed by atoms with Gasteiger partial charge in [0.1, 0.15) is 0 Å². The van der Waals surface area contributed by atoms with Crippen molar-refractivity contribution < 1.29 is 0 Å². The van der Waals surface area contributed by atoms with Crippen LogP contribution in [0.2, 0.25) is 0 Å². The molecule has 0 amide bonds. The van der Waals surface area contributed by atoms with Gasteiger partial charge in [-0.1, -0.05) is 44.2 Å². The van der Waals surface area contributed by atoms with Crippen molar-refractivity contribution in [2.45, 2.75) is 19.9 Å². The lowest BCUT2D eigenvalue weighted by atomic mass is 9.94. The fourth-order valence-corrected chi connectivity index (χ4v) is 3.80. The topological polar surface area (TPSA) is 15.3 Å². The monoisotopic (exact) mass is 278 g/mol. The summed E-state index contributed by atoms with van der Waals surface area (Å²) in [6.07, 6.45) is 0. The Labute approximate surface area is 122 Å². The number of nitrogens with one attached hydrogen (secondary N) is 1. The summed E-state index contributed by atoms with van der Waals surface area (Å²) < 4.78 is 0. The van der Waals surface area contributed by atoms with E-state index in [1.807, 2.05) is 0 Å². The predicted molar refractivity (Wildman–Crippen MR) is 85.8 cm³/mol. The Morgan fingerprint density at radius 1 is 1.21 bits per heavy atom. The van der Waals surface area contributed by atoms with E-state index in [1.54, 1.807) is 0 Å². The summed E-state index contributed by atoms with van der Waals surface area (Å²) in [4.78, 5) is 2.62. The minimum Gasteiger partial charge on any atom is -0.310 e. The molecule has 19 heavy (non-hydrogen) atoms. The van der Waals surface area contributed by atoms with Crippen molar-refractivity contribution >= 4 is 11.8 Å². The van der Waals surface area contributed by atoms with Crippen molar-refractivity contribution in [1.29, 1.82) is 0 Å². The summed E-state index contributed by atoms with van der Waals surface area (Å²) in [7, 11) is 0. The van der Waals surface area contributed by atoms with Crippen LogP contribution in [0.3, 0.4) is 0 Å². The Hall–Kier alpha value is -0.510. The molecule has 1 fully saturated rings. The highest BCUT2D eigenvalue weighted by atomic mass is 32.2. The van der Waals surface area contributed by atoms with Crippen LogP contribution in [0.15, 0.2) is 30.3 Å². The molecule has 3 heteroatoms. The quantitative estimate of drug-likeness (QED) is 0.861. The third kappa shape index (κ3) is 4.51. The lowest BCUT2D eigenvalue weighted by Gasteiger charge is -2.33. The standard InChI is InChI=1S/C16H26N2S/c1-3-17-16(15-7-5-4-6-8-15)14(2)13-18-9-11-19-12-10-18/h4-8,14,16-17H,3,9-13H2,1-2H3. The number of benzene rings is 1. The summed E-state index contributed by atoms with van der Waals surface area (Å²) in [6.45, 7) is 9.31. The second kappa shape index (κ2) is 7.93. The largest absolute Gasteiger partial charge is 0.310 e. The maximum atomic E-state index is 3.66. The van der Waals surface area contributed by atoms with Gasteiger partial charge >= 0.3 is 0 Å². The molecule has 1 N–H and O–H groups in total. The van der Waals surface area contributed by atoms with Crippen LogP contribution in [0, 0.1) is 5.92 Å². The molecule has 0 saturated carbocycles. The van der Waals surface area contributed by atoms with Crippen molar-refractivity contribution in [3.63, 3.8) is 0 Å². The molecule has 1 saturated heterocycles. The van der Waals surface area contributed by atoms with Crippen molar-refractivity contribution in [3.8, 4) is 0 Å². The fourth-order valence-electron chi connectivity index (χ4n) is 2.82. The molecule has 0 spiro atoms. The molecule has 0 aromatic heterocycles. The van der Waals surface area contributed by atoms with E-state index >= 15 is 0 Å². The summed E-state index contributed by atoms with van der Waals surface area (Å²) in [5.41, 5.74) is 1.42. The second-order valence-corrected chi connectivity index (χ2v) is 6.56. The maximum Gasteiger partial charge on any atom is 0.0358 e. The van der Waals surface area contributed by atoms with Gasteiger partial charge in [0.15, 0.2) is 0 Å². The molecule has 0 radical (unpaired) electrons. The van der Waals surface area contributed by atoms with Crippen LogP contribution in [0.4, 0.5) is 0 Å². The summed E-state index contributed by atoms with van der Waals surface area (Å²) in [5, 5.41) is 3.66. The molecule has 1 heterocycles. The van der Waals surface area contributed by atoms with Crippen molar-refractivity contribution in [3.05, 3.63) is 35.9 Å². The van der Waals surface area contributed by atoms with Gasteiger partial charge in [-0.2, -0.15) is 11.8 Å². The smallest absolute Gasteiger partial charge is 0.0358 e. The molecule has 0 aliphatic carbocycles. The third-order valence-electron chi connectivity index (χ3n) is 3.80. The molecular weight excluding hydrogens is 252 g/mol. The Kier molecular flexibility index (Phi) is 6.21. The van der Waals surface area contributed by atoms with Gasteiger partial charge in [-0.05, 0) is 18.0 Å². The highest BCUT2D eigenvalue weighted by molar-refractivity contribution is 7.99. The Morgan fingerprint density at radius 2 is 1.89 bits per heavy atom. The van der Waals surface area contributed by atoms with Gasteiger partial charge in [-0.15, -0.1) is 0 Å². The molecule has 2 nitrogen and oxygen atoms in total. The van der Waals surface area contributed by atoms with E-state index in [4.69, 9.17) is 0 Å². The zero-order valence-electron chi connectivity index (χ0n) is 12.1. The van der Waals surface area contributed by atoms with E-state index in [0.717, 1.165) is 6.54 Å². The van der Waals surface area contributed by atoms with Gasteiger partial charge in [-0.3, -0.25) is 0 Å². The van der Waals surface area contributed by atoms with Gasteiger partial charge < -0.3 is 10.2 Å². The number of nitrogens with zero attached hydrogens (tertiary/aromatic N) is 1. The molecule has 2 unspecified atom stereocenters. The summed E-state index contributed by atoms with van der Waals surface area (Å²) in [5.74, 6) is 3.24. The van der Waals surface area contributed by atoms with E-state index in [1.165, 1.54) is 36.7 Å². The van der Waals surface area contributed by atoms with Crippen LogP contribution in [0.25, 0.3) is 0 Å². The number of hydrogen-bond donors (Lipinski definition) is 1. The highest BCUT2D eigenvalue weighted by Gasteiger charge is 2.21. The predicted octanol–water partition coefficient (Wildman–Crippen LogP) is 3.02. The SMILES string of the molecule is CCNC(c1ccccc1)C(C)CN1CCSCC1. The molecule has 1 aromatic rings. The van der Waals surface area contributed by atoms with Crippen LogP contribution in [-0.4, -0.2) is 42.6 Å². The van der Waals surface area contributed by atoms with Gasteiger partial charge in [0.05, 0.1) is 0 Å². The molecule has 2 atom stereocenters. The minimum atomic E-state index is 0.473. The molecular formula is C16H26N2S. The molecule has 2 rings (SSSR count). The Morgan fingerprint density at radius 3 is 2.53 bits per heavy atom. The molecule has 1 aliphatic heterocycles. The van der Waals surface area contributed by atoms with E-state index in [9.17, 15) is 0 Å². The first-order valence-electron chi connectivity index (χ1n) is 7.39. The summed E-state index contributed by atoms with van der Waals surface area (Å²) in [6, 6.07) is 11.3. The first kappa shape index (κ1) is 14.9. The first-order valence-corrected chi connectivity index (χ1v) is 8.55. The summed E-state index contributed by atoms with van der Waals surface area (Å²) >= 11 is 2.08. The normalized spacial score (nSPS) is 20.1. The lowest BCUT2D eigenvalue weighted by molar-refractivity contribution is 0.228. The average Bonchev–Trinajstić information content (AvgIpc) is 2.46. The van der Waals surface area contributed by atoms with Crippen LogP contribution >= 0.6 is 11.8 Å². The highest BCUT2D eigenvalue weighted by Crippen LogP contribution is 2.23. The number of thioether (sulfide) groups is 1. The van der Waals surface area contributed by atoms with E-state index in [0.29, 0.717) is 12.0 Å². The van der Waals surface area contributed by atoms with Gasteiger partial charge in [0.25, 0.3) is 0 Å². The van der Waals surface area contributed by atoms with Crippen molar-refractivity contribution in [1.82, 2.24) is 10.2 Å². The van der Waals surface area contributed by atoms with Crippen LogP contribution in [0.1, 0.15) is 25.5 Å². The van der Waals surface area contributed by atoms with E-state index in [-0.39, 0.29) is 0 Å². The molecule has 106 valence electrons. The molecule has 0 bridgehead atoms. The van der Waals surface area contributed by atoms with Crippen LogP contribution < -0.4 is 5.32 Å². The van der Waals surface area contributed by atoms with Crippen molar-refractivity contribution in [2.24, 2.45) is 5.92 Å². The zero-order valence-corrected chi connectivity index (χ0v) is 13.0. The first-order chi connectivity index (χ1) is 9.31. The Balaban J connectivity index is 1.97. The van der Waals surface area contributed by atoms with E-state index < -0.39 is 0 Å². The van der Waals surface area contributed by atoms with Gasteiger partial charge in [-0.25, -0.2) is 0 Å². The van der Waals surface area contributed by atoms with Crippen LogP contribution in [-0.2, 0) is 0 Å². The second-order valence-electron chi connectivity index (χ2n) is 5.34. The lowest BCUT2D eigenvalue weighted by Crippen LogP contribution is -2.39. The van der Waals surface area contributed by atoms with E-state index in [2.05, 4.69) is 66.2 Å². The number of rotatable bonds is 6. The third-order valence-corrected chi connectivity index (χ3v) is 4.74. The number of hydrogen-bond acceptors (Lipinski definition) is 3. The average molecular weight is 278 g/mol. The van der Waals surface area contributed by atoms with Crippen molar-refractivity contribution in [2.75, 3.05) is 37.7 Å².